The number of halogens is 1. The molecule has 0 fully saturated rings. The lowest BCUT2D eigenvalue weighted by atomic mass is 9.97. The topological polar surface area (TPSA) is 35.2 Å². The fourth-order valence-corrected chi connectivity index (χ4v) is 2.19. The molecule has 0 saturated carbocycles. The maximum absolute atomic E-state index is 5.85. The summed E-state index contributed by atoms with van der Waals surface area (Å²) in [5, 5.41) is 0. The quantitative estimate of drug-likeness (QED) is 0.695. The van der Waals surface area contributed by atoms with Gasteiger partial charge in [0.1, 0.15) is 0 Å². The molecule has 0 spiro atoms. The van der Waals surface area contributed by atoms with Gasteiger partial charge in [-0.3, -0.25) is 0 Å². The lowest BCUT2D eigenvalue weighted by Gasteiger charge is -2.15. The molecule has 1 aromatic carbocycles. The van der Waals surface area contributed by atoms with E-state index < -0.39 is 0 Å². The molecule has 0 heterocycles. The first kappa shape index (κ1) is 16.7. The van der Waals surface area contributed by atoms with Crippen LogP contribution < -0.4 is 5.73 Å². The lowest BCUT2D eigenvalue weighted by molar-refractivity contribution is 0.111. The first-order chi connectivity index (χ1) is 9.11. The molecule has 1 unspecified atom stereocenters. The van der Waals surface area contributed by atoms with Crippen molar-refractivity contribution in [3.63, 3.8) is 0 Å². The van der Waals surface area contributed by atoms with Crippen LogP contribution in [0.3, 0.4) is 0 Å². The molecule has 0 aromatic heterocycles. The summed E-state index contributed by atoms with van der Waals surface area (Å²) in [5.41, 5.74) is 7.20. The van der Waals surface area contributed by atoms with Crippen LogP contribution in [0.4, 0.5) is 0 Å². The molecule has 0 aliphatic carbocycles. The first-order valence-corrected chi connectivity index (χ1v) is 7.93. The number of benzene rings is 1. The van der Waals surface area contributed by atoms with Gasteiger partial charge in [-0.05, 0) is 55.3 Å². The smallest absolute Gasteiger partial charge is 0.0469 e. The molecule has 0 aliphatic rings. The van der Waals surface area contributed by atoms with E-state index in [1.807, 2.05) is 0 Å². The Hall–Kier alpha value is -0.380. The van der Waals surface area contributed by atoms with Crippen LogP contribution in [0.15, 0.2) is 28.7 Å². The fourth-order valence-electron chi connectivity index (χ4n) is 1.93. The van der Waals surface area contributed by atoms with Gasteiger partial charge in [-0.1, -0.05) is 41.9 Å². The van der Waals surface area contributed by atoms with Crippen molar-refractivity contribution in [3.8, 4) is 0 Å². The Balaban J connectivity index is 2.24. The summed E-state index contributed by atoms with van der Waals surface area (Å²) in [6, 6.07) is 8.49. The molecule has 0 radical (unpaired) electrons. The van der Waals surface area contributed by atoms with E-state index in [1.165, 1.54) is 5.56 Å². The summed E-state index contributed by atoms with van der Waals surface area (Å²) < 4.78 is 6.79. The number of hydrogen-bond acceptors (Lipinski definition) is 2. The molecule has 2 nitrogen and oxygen atoms in total. The number of hydrogen-bond donors (Lipinski definition) is 1. The summed E-state index contributed by atoms with van der Waals surface area (Å²) in [7, 11) is 0. The molecule has 2 N–H and O–H groups in total. The highest BCUT2D eigenvalue weighted by molar-refractivity contribution is 9.10. The van der Waals surface area contributed by atoms with Crippen LogP contribution in [0, 0.1) is 11.8 Å². The minimum absolute atomic E-state index is 0.514. The SMILES string of the molecule is CC(C)CCOCCC(CN)Cc1ccc(Br)cc1. The zero-order chi connectivity index (χ0) is 14.1. The standard InChI is InChI=1S/C16H26BrNO/c1-13(2)7-9-19-10-8-15(12-18)11-14-3-5-16(17)6-4-14/h3-6,13,15H,7-12,18H2,1-2H3. The van der Waals surface area contributed by atoms with Crippen LogP contribution in [-0.2, 0) is 11.2 Å². The monoisotopic (exact) mass is 327 g/mol. The average molecular weight is 328 g/mol. The predicted molar refractivity (Wildman–Crippen MR) is 85.3 cm³/mol. The molecule has 108 valence electrons. The van der Waals surface area contributed by atoms with Crippen molar-refractivity contribution < 1.29 is 4.74 Å². The molecular formula is C16H26BrNO. The van der Waals surface area contributed by atoms with Crippen molar-refractivity contribution in [2.75, 3.05) is 19.8 Å². The highest BCUT2D eigenvalue weighted by Gasteiger charge is 2.08. The van der Waals surface area contributed by atoms with Crippen molar-refractivity contribution in [3.05, 3.63) is 34.3 Å². The van der Waals surface area contributed by atoms with E-state index in [1.54, 1.807) is 0 Å². The molecule has 0 amide bonds. The van der Waals surface area contributed by atoms with Crippen molar-refractivity contribution >= 4 is 15.9 Å². The highest BCUT2D eigenvalue weighted by atomic mass is 79.9. The van der Waals surface area contributed by atoms with E-state index in [9.17, 15) is 0 Å². The zero-order valence-corrected chi connectivity index (χ0v) is 13.7. The van der Waals surface area contributed by atoms with Crippen molar-refractivity contribution in [1.29, 1.82) is 0 Å². The zero-order valence-electron chi connectivity index (χ0n) is 12.1. The lowest BCUT2D eigenvalue weighted by Crippen LogP contribution is -2.19. The minimum Gasteiger partial charge on any atom is -0.381 e. The normalized spacial score (nSPS) is 12.9. The summed E-state index contributed by atoms with van der Waals surface area (Å²) in [4.78, 5) is 0. The highest BCUT2D eigenvalue weighted by Crippen LogP contribution is 2.15. The number of rotatable bonds is 9. The van der Waals surface area contributed by atoms with Crippen LogP contribution in [0.1, 0.15) is 32.3 Å². The predicted octanol–water partition coefficient (Wildman–Crippen LogP) is 4.02. The van der Waals surface area contributed by atoms with Crippen LogP contribution >= 0.6 is 15.9 Å². The Morgan fingerprint density at radius 1 is 1.11 bits per heavy atom. The van der Waals surface area contributed by atoms with Crippen LogP contribution in [0.2, 0.25) is 0 Å². The third-order valence-electron chi connectivity index (χ3n) is 3.28. The van der Waals surface area contributed by atoms with E-state index in [2.05, 4.69) is 54.0 Å². The van der Waals surface area contributed by atoms with E-state index in [-0.39, 0.29) is 0 Å². The van der Waals surface area contributed by atoms with Gasteiger partial charge in [0.25, 0.3) is 0 Å². The molecule has 0 bridgehead atoms. The molecule has 1 atom stereocenters. The van der Waals surface area contributed by atoms with Crippen LogP contribution in [0.5, 0.6) is 0 Å². The van der Waals surface area contributed by atoms with Gasteiger partial charge >= 0.3 is 0 Å². The molecule has 19 heavy (non-hydrogen) atoms. The van der Waals surface area contributed by atoms with Crippen molar-refractivity contribution in [1.82, 2.24) is 0 Å². The third kappa shape index (κ3) is 7.71. The Morgan fingerprint density at radius 3 is 2.32 bits per heavy atom. The molecule has 0 aliphatic heterocycles. The van der Waals surface area contributed by atoms with Crippen LogP contribution in [0.25, 0.3) is 0 Å². The van der Waals surface area contributed by atoms with Gasteiger partial charge in [0.05, 0.1) is 0 Å². The van der Waals surface area contributed by atoms with E-state index in [0.717, 1.165) is 43.5 Å². The van der Waals surface area contributed by atoms with Gasteiger partial charge < -0.3 is 10.5 Å². The van der Waals surface area contributed by atoms with Crippen LogP contribution in [-0.4, -0.2) is 19.8 Å². The maximum atomic E-state index is 5.85. The summed E-state index contributed by atoms with van der Waals surface area (Å²) in [6.45, 7) is 6.86. The second kappa shape index (κ2) is 9.51. The summed E-state index contributed by atoms with van der Waals surface area (Å²) >= 11 is 3.45. The molecule has 1 aromatic rings. The van der Waals surface area contributed by atoms with E-state index in [4.69, 9.17) is 10.5 Å². The second-order valence-corrected chi connectivity index (χ2v) is 6.43. The van der Waals surface area contributed by atoms with Gasteiger partial charge in [-0.2, -0.15) is 0 Å². The molecule has 1 rings (SSSR count). The maximum Gasteiger partial charge on any atom is 0.0469 e. The van der Waals surface area contributed by atoms with E-state index >= 15 is 0 Å². The molecular weight excluding hydrogens is 302 g/mol. The van der Waals surface area contributed by atoms with Crippen molar-refractivity contribution in [2.24, 2.45) is 17.6 Å². The Morgan fingerprint density at radius 2 is 1.74 bits per heavy atom. The van der Waals surface area contributed by atoms with Gasteiger partial charge in [0, 0.05) is 17.7 Å². The third-order valence-corrected chi connectivity index (χ3v) is 3.81. The average Bonchev–Trinajstić information content (AvgIpc) is 2.39. The molecule has 0 saturated heterocycles. The largest absolute Gasteiger partial charge is 0.381 e. The summed E-state index contributed by atoms with van der Waals surface area (Å²) in [6.07, 6.45) is 3.22. The van der Waals surface area contributed by atoms with Gasteiger partial charge in [0.15, 0.2) is 0 Å². The van der Waals surface area contributed by atoms with Gasteiger partial charge in [-0.15, -0.1) is 0 Å². The summed E-state index contributed by atoms with van der Waals surface area (Å²) in [5.74, 6) is 1.23. The molecule has 3 heteroatoms. The van der Waals surface area contributed by atoms with Gasteiger partial charge in [-0.25, -0.2) is 0 Å². The Labute approximate surface area is 125 Å². The minimum atomic E-state index is 0.514. The van der Waals surface area contributed by atoms with E-state index in [0.29, 0.717) is 11.8 Å². The second-order valence-electron chi connectivity index (χ2n) is 5.52. The number of ether oxygens (including phenoxy) is 1. The number of nitrogens with two attached hydrogens (primary N) is 1. The Bertz CT molecular complexity index is 337. The van der Waals surface area contributed by atoms with Crippen molar-refractivity contribution in [2.45, 2.75) is 33.1 Å². The first-order valence-electron chi connectivity index (χ1n) is 7.14. The van der Waals surface area contributed by atoms with Gasteiger partial charge in [0.2, 0.25) is 0 Å². The Kier molecular flexibility index (Phi) is 8.35. The fraction of sp³-hybridized carbons (Fsp3) is 0.625.